The van der Waals surface area contributed by atoms with E-state index < -0.39 is 0 Å². The molecule has 4 rings (SSSR count). The molecule has 2 aromatic rings. The molecule has 1 fully saturated rings. The van der Waals surface area contributed by atoms with E-state index in [1.54, 1.807) is 14.2 Å². The normalized spacial score (nSPS) is 21.9. The van der Waals surface area contributed by atoms with E-state index in [0.717, 1.165) is 42.7 Å². The van der Waals surface area contributed by atoms with Gasteiger partial charge >= 0.3 is 0 Å². The molecule has 0 radical (unpaired) electrons. The van der Waals surface area contributed by atoms with Gasteiger partial charge in [0.2, 0.25) is 0 Å². The largest absolute Gasteiger partial charge is 0.500 e. The molecule has 0 aromatic heterocycles. The van der Waals surface area contributed by atoms with Gasteiger partial charge in [-0.2, -0.15) is 0 Å². The molecule has 0 saturated carbocycles. The van der Waals surface area contributed by atoms with E-state index in [-0.39, 0.29) is 11.5 Å². The van der Waals surface area contributed by atoms with Crippen molar-refractivity contribution >= 4 is 11.6 Å². The molecular formula is C30H37ClN2O2. The summed E-state index contributed by atoms with van der Waals surface area (Å²) in [5.41, 5.74) is 3.67. The number of allylic oxidation sites excluding steroid dienone is 4. The van der Waals surface area contributed by atoms with Crippen LogP contribution in [-0.2, 0) is 4.74 Å². The second kappa shape index (κ2) is 10.9. The summed E-state index contributed by atoms with van der Waals surface area (Å²) in [6.45, 7) is 10.7. The molecule has 4 nitrogen and oxygen atoms in total. The zero-order chi connectivity index (χ0) is 25.0. The third-order valence-corrected chi connectivity index (χ3v) is 7.92. The van der Waals surface area contributed by atoms with Crippen LogP contribution in [0.2, 0.25) is 5.02 Å². The van der Waals surface area contributed by atoms with Crippen molar-refractivity contribution in [2.75, 3.05) is 40.4 Å². The molecule has 1 aliphatic heterocycles. The van der Waals surface area contributed by atoms with Crippen LogP contribution in [0.3, 0.4) is 0 Å². The highest BCUT2D eigenvalue weighted by atomic mass is 35.5. The van der Waals surface area contributed by atoms with Crippen molar-refractivity contribution in [3.63, 3.8) is 0 Å². The van der Waals surface area contributed by atoms with Gasteiger partial charge in [-0.05, 0) is 60.4 Å². The number of hydrogen-bond donors (Lipinski definition) is 0. The summed E-state index contributed by atoms with van der Waals surface area (Å²) in [5.74, 6) is 2.29. The zero-order valence-electron chi connectivity index (χ0n) is 21.5. The summed E-state index contributed by atoms with van der Waals surface area (Å²) in [4.78, 5) is 5.13. The first kappa shape index (κ1) is 25.4. The maximum Gasteiger partial charge on any atom is 0.118 e. The van der Waals surface area contributed by atoms with Gasteiger partial charge in [-0.3, -0.25) is 4.90 Å². The fourth-order valence-corrected chi connectivity index (χ4v) is 5.45. The van der Waals surface area contributed by atoms with Gasteiger partial charge < -0.3 is 14.4 Å². The van der Waals surface area contributed by atoms with E-state index in [1.165, 1.54) is 16.8 Å². The Kier molecular flexibility index (Phi) is 7.93. The molecule has 5 heteroatoms. The second-order valence-electron chi connectivity index (χ2n) is 9.78. The number of hydrogen-bond acceptors (Lipinski definition) is 4. The Morgan fingerprint density at radius 1 is 0.800 bits per heavy atom. The molecule has 2 atom stereocenters. The number of nitrogens with zero attached hydrogens (tertiary/aromatic N) is 2. The first-order chi connectivity index (χ1) is 16.9. The van der Waals surface area contributed by atoms with E-state index in [1.807, 2.05) is 24.3 Å². The average molecular weight is 493 g/mol. The molecule has 1 saturated heterocycles. The topological polar surface area (TPSA) is 24.9 Å². The van der Waals surface area contributed by atoms with Crippen molar-refractivity contribution in [3.05, 3.63) is 100 Å². The van der Waals surface area contributed by atoms with Crippen LogP contribution in [0.4, 0.5) is 0 Å². The van der Waals surface area contributed by atoms with E-state index in [4.69, 9.17) is 21.1 Å². The lowest BCUT2D eigenvalue weighted by Gasteiger charge is -2.47. The Balaban J connectivity index is 1.60. The number of ether oxygens (including phenoxy) is 2. The van der Waals surface area contributed by atoms with Crippen LogP contribution in [0, 0.1) is 11.3 Å². The Morgan fingerprint density at radius 3 is 1.91 bits per heavy atom. The van der Waals surface area contributed by atoms with E-state index in [0.29, 0.717) is 5.92 Å². The van der Waals surface area contributed by atoms with Gasteiger partial charge in [0.25, 0.3) is 0 Å². The summed E-state index contributed by atoms with van der Waals surface area (Å²) >= 11 is 6.22. The van der Waals surface area contributed by atoms with Gasteiger partial charge in [0.15, 0.2) is 0 Å². The molecule has 2 unspecified atom stereocenters. The number of benzene rings is 2. The van der Waals surface area contributed by atoms with Crippen molar-refractivity contribution in [1.29, 1.82) is 0 Å². The highest BCUT2D eigenvalue weighted by Crippen LogP contribution is 2.45. The first-order valence-corrected chi connectivity index (χ1v) is 12.8. The zero-order valence-corrected chi connectivity index (χ0v) is 22.3. The minimum atomic E-state index is -0.175. The molecule has 0 N–H and O–H groups in total. The average Bonchev–Trinajstić information content (AvgIpc) is 3.05. The van der Waals surface area contributed by atoms with Gasteiger partial charge in [0, 0.05) is 36.9 Å². The van der Waals surface area contributed by atoms with Crippen molar-refractivity contribution in [3.8, 4) is 5.75 Å². The molecule has 1 aliphatic carbocycles. The minimum Gasteiger partial charge on any atom is -0.500 e. The SMILES string of the molecule is COC1=CC=CC=C(N2CCN(C(c3ccc(Cl)cc3)c3ccc(OC)cc3)CC2)C1(C)C(C)C. The van der Waals surface area contributed by atoms with Gasteiger partial charge in [0.1, 0.15) is 11.5 Å². The third-order valence-electron chi connectivity index (χ3n) is 7.67. The van der Waals surface area contributed by atoms with Crippen LogP contribution in [0.5, 0.6) is 5.75 Å². The van der Waals surface area contributed by atoms with Crippen LogP contribution >= 0.6 is 11.6 Å². The van der Waals surface area contributed by atoms with E-state index in [2.05, 4.69) is 79.1 Å². The molecule has 186 valence electrons. The fraction of sp³-hybridized carbons (Fsp3) is 0.400. The molecule has 2 aromatic carbocycles. The fourth-order valence-electron chi connectivity index (χ4n) is 5.32. The second-order valence-corrected chi connectivity index (χ2v) is 10.2. The molecule has 0 bridgehead atoms. The van der Waals surface area contributed by atoms with Crippen LogP contribution in [-0.4, -0.2) is 50.2 Å². The Morgan fingerprint density at radius 2 is 1.37 bits per heavy atom. The summed E-state index contributed by atoms with van der Waals surface area (Å²) in [5, 5.41) is 0.760. The summed E-state index contributed by atoms with van der Waals surface area (Å²) in [6, 6.07) is 16.9. The maximum absolute atomic E-state index is 6.22. The van der Waals surface area contributed by atoms with Crippen LogP contribution in [0.25, 0.3) is 0 Å². The summed E-state index contributed by atoms with van der Waals surface area (Å²) in [6.07, 6.45) is 8.61. The van der Waals surface area contributed by atoms with Crippen molar-refractivity contribution in [2.24, 2.45) is 11.3 Å². The van der Waals surface area contributed by atoms with Gasteiger partial charge in [0.05, 0.1) is 25.7 Å². The smallest absolute Gasteiger partial charge is 0.118 e. The minimum absolute atomic E-state index is 0.161. The monoisotopic (exact) mass is 492 g/mol. The van der Waals surface area contributed by atoms with Gasteiger partial charge in [-0.15, -0.1) is 0 Å². The lowest BCUT2D eigenvalue weighted by Crippen LogP contribution is -2.50. The van der Waals surface area contributed by atoms with E-state index >= 15 is 0 Å². The molecule has 0 spiro atoms. The Bertz CT molecular complexity index is 1080. The lowest BCUT2D eigenvalue weighted by atomic mass is 9.73. The van der Waals surface area contributed by atoms with Crippen molar-refractivity contribution in [2.45, 2.75) is 26.8 Å². The van der Waals surface area contributed by atoms with Gasteiger partial charge in [-0.1, -0.05) is 61.9 Å². The molecular weight excluding hydrogens is 456 g/mol. The van der Waals surface area contributed by atoms with Crippen molar-refractivity contribution in [1.82, 2.24) is 9.80 Å². The Hall–Kier alpha value is -2.69. The van der Waals surface area contributed by atoms with Crippen LogP contribution in [0.15, 0.2) is 84.3 Å². The van der Waals surface area contributed by atoms with Gasteiger partial charge in [-0.25, -0.2) is 0 Å². The molecule has 35 heavy (non-hydrogen) atoms. The standard InChI is InChI=1S/C30H37ClN2O2/c1-22(2)30(3)27(8-6-7-9-28(30)35-5)32-18-20-33(21-19-32)29(23-10-14-25(31)15-11-23)24-12-16-26(34-4)17-13-24/h6-17,22,29H,18-21H2,1-5H3. The third kappa shape index (κ3) is 5.14. The van der Waals surface area contributed by atoms with Crippen molar-refractivity contribution < 1.29 is 9.47 Å². The Labute approximate surface area is 215 Å². The summed E-state index contributed by atoms with van der Waals surface area (Å²) < 4.78 is 11.3. The molecule has 0 amide bonds. The molecule has 1 heterocycles. The summed E-state index contributed by atoms with van der Waals surface area (Å²) in [7, 11) is 3.49. The predicted molar refractivity (Wildman–Crippen MR) is 145 cm³/mol. The maximum atomic E-state index is 6.22. The van der Waals surface area contributed by atoms with Crippen LogP contribution < -0.4 is 4.74 Å². The van der Waals surface area contributed by atoms with E-state index in [9.17, 15) is 0 Å². The first-order valence-electron chi connectivity index (χ1n) is 12.4. The highest BCUT2D eigenvalue weighted by molar-refractivity contribution is 6.30. The number of methoxy groups -OCH3 is 2. The number of halogens is 1. The van der Waals surface area contributed by atoms with Crippen LogP contribution in [0.1, 0.15) is 37.9 Å². The number of piperazine rings is 1. The predicted octanol–water partition coefficient (Wildman–Crippen LogP) is 6.70. The molecule has 2 aliphatic rings. The number of rotatable bonds is 7. The lowest BCUT2D eigenvalue weighted by molar-refractivity contribution is 0.0872. The highest BCUT2D eigenvalue weighted by Gasteiger charge is 2.41. The quantitative estimate of drug-likeness (QED) is 0.429.